The third-order valence-corrected chi connectivity index (χ3v) is 2.46. The van der Waals surface area contributed by atoms with Crippen molar-refractivity contribution in [2.45, 2.75) is 32.3 Å². The van der Waals surface area contributed by atoms with Crippen molar-refractivity contribution in [3.8, 4) is 5.75 Å². The van der Waals surface area contributed by atoms with Gasteiger partial charge in [0.2, 0.25) is 0 Å². The molecule has 15 heavy (non-hydrogen) atoms. The number of hydrogen-bond acceptors (Lipinski definition) is 2. The zero-order valence-electron chi connectivity index (χ0n) is 9.16. The predicted molar refractivity (Wildman–Crippen MR) is 57.6 cm³/mol. The van der Waals surface area contributed by atoms with Gasteiger partial charge in [-0.2, -0.15) is 0 Å². The molecule has 1 aromatic rings. The van der Waals surface area contributed by atoms with Crippen LogP contribution in [0.3, 0.4) is 0 Å². The van der Waals surface area contributed by atoms with Crippen molar-refractivity contribution in [2.75, 3.05) is 7.11 Å². The van der Waals surface area contributed by atoms with E-state index >= 15 is 0 Å². The summed E-state index contributed by atoms with van der Waals surface area (Å²) in [5.41, 5.74) is 0.810. The number of aryl methyl sites for hydroxylation is 1. The third-order valence-electron chi connectivity index (χ3n) is 2.46. The van der Waals surface area contributed by atoms with Crippen LogP contribution in [0, 0.1) is 5.82 Å². The summed E-state index contributed by atoms with van der Waals surface area (Å²) < 4.78 is 18.1. The van der Waals surface area contributed by atoms with Gasteiger partial charge in [0.1, 0.15) is 11.6 Å². The van der Waals surface area contributed by atoms with Crippen molar-refractivity contribution >= 4 is 0 Å². The number of ether oxygens (including phenoxy) is 1. The van der Waals surface area contributed by atoms with Gasteiger partial charge in [0.05, 0.1) is 13.2 Å². The van der Waals surface area contributed by atoms with Crippen LogP contribution in [-0.2, 0) is 6.42 Å². The van der Waals surface area contributed by atoms with Gasteiger partial charge in [-0.1, -0.05) is 6.92 Å². The van der Waals surface area contributed by atoms with Crippen molar-refractivity contribution < 1.29 is 14.2 Å². The van der Waals surface area contributed by atoms with Gasteiger partial charge in [-0.15, -0.1) is 0 Å². The molecule has 1 aromatic carbocycles. The molecule has 84 valence electrons. The molecule has 0 saturated carbocycles. The van der Waals surface area contributed by atoms with Crippen LogP contribution in [0.15, 0.2) is 18.2 Å². The molecule has 3 heteroatoms. The van der Waals surface area contributed by atoms with Crippen molar-refractivity contribution in [3.63, 3.8) is 0 Å². The highest BCUT2D eigenvalue weighted by Gasteiger charge is 2.07. The smallest absolute Gasteiger partial charge is 0.123 e. The van der Waals surface area contributed by atoms with E-state index in [0.717, 1.165) is 12.0 Å². The standard InChI is InChI=1S/C12H17FO2/c1-3-11(14)6-4-9-8-10(13)5-7-12(9)15-2/h5,7-8,11,14H,3-4,6H2,1-2H3. The summed E-state index contributed by atoms with van der Waals surface area (Å²) in [6, 6.07) is 4.45. The van der Waals surface area contributed by atoms with Gasteiger partial charge in [0, 0.05) is 0 Å². The van der Waals surface area contributed by atoms with E-state index < -0.39 is 0 Å². The zero-order valence-corrected chi connectivity index (χ0v) is 9.16. The largest absolute Gasteiger partial charge is 0.496 e. The SMILES string of the molecule is CCC(O)CCc1cc(F)ccc1OC. The van der Waals surface area contributed by atoms with Crippen LogP contribution in [0.5, 0.6) is 5.75 Å². The van der Waals surface area contributed by atoms with Crippen LogP contribution < -0.4 is 4.74 Å². The van der Waals surface area contributed by atoms with Crippen LogP contribution >= 0.6 is 0 Å². The van der Waals surface area contributed by atoms with Crippen LogP contribution in [0.2, 0.25) is 0 Å². The number of hydrogen-bond donors (Lipinski definition) is 1. The molecule has 1 rings (SSSR count). The minimum Gasteiger partial charge on any atom is -0.496 e. The molecule has 2 nitrogen and oxygen atoms in total. The highest BCUT2D eigenvalue weighted by atomic mass is 19.1. The lowest BCUT2D eigenvalue weighted by Crippen LogP contribution is -2.06. The Morgan fingerprint density at radius 1 is 1.47 bits per heavy atom. The van der Waals surface area contributed by atoms with Crippen LogP contribution in [-0.4, -0.2) is 18.3 Å². The number of aliphatic hydroxyl groups is 1. The lowest BCUT2D eigenvalue weighted by atomic mass is 10.0. The zero-order chi connectivity index (χ0) is 11.3. The molecule has 0 bridgehead atoms. The molecule has 0 spiro atoms. The van der Waals surface area contributed by atoms with E-state index in [9.17, 15) is 9.50 Å². The average molecular weight is 212 g/mol. The number of rotatable bonds is 5. The molecule has 0 saturated heterocycles. The second-order valence-corrected chi connectivity index (χ2v) is 3.56. The van der Waals surface area contributed by atoms with Gasteiger partial charge >= 0.3 is 0 Å². The fourth-order valence-corrected chi connectivity index (χ4v) is 1.47. The molecule has 0 fully saturated rings. The number of aliphatic hydroxyl groups excluding tert-OH is 1. The van der Waals surface area contributed by atoms with E-state index in [1.165, 1.54) is 12.1 Å². The van der Waals surface area contributed by atoms with E-state index in [1.807, 2.05) is 6.92 Å². The molecule has 0 aliphatic heterocycles. The first-order valence-corrected chi connectivity index (χ1v) is 5.17. The number of halogens is 1. The monoisotopic (exact) mass is 212 g/mol. The Morgan fingerprint density at radius 2 is 2.20 bits per heavy atom. The fraction of sp³-hybridized carbons (Fsp3) is 0.500. The number of benzene rings is 1. The quantitative estimate of drug-likeness (QED) is 0.812. The highest BCUT2D eigenvalue weighted by molar-refractivity contribution is 5.34. The Bertz CT molecular complexity index is 312. The summed E-state index contributed by atoms with van der Waals surface area (Å²) in [4.78, 5) is 0. The summed E-state index contributed by atoms with van der Waals surface area (Å²) in [6.45, 7) is 1.92. The second-order valence-electron chi connectivity index (χ2n) is 3.56. The molecule has 0 heterocycles. The summed E-state index contributed by atoms with van der Waals surface area (Å²) >= 11 is 0. The van der Waals surface area contributed by atoms with E-state index in [-0.39, 0.29) is 11.9 Å². The van der Waals surface area contributed by atoms with Gasteiger partial charge in [-0.25, -0.2) is 4.39 Å². The first-order valence-electron chi connectivity index (χ1n) is 5.17. The van der Waals surface area contributed by atoms with Gasteiger partial charge < -0.3 is 9.84 Å². The van der Waals surface area contributed by atoms with Gasteiger partial charge in [0.25, 0.3) is 0 Å². The molecule has 0 aliphatic carbocycles. The molecular formula is C12H17FO2. The van der Waals surface area contributed by atoms with Gasteiger partial charge in [-0.3, -0.25) is 0 Å². The maximum atomic E-state index is 13.0. The molecule has 1 unspecified atom stereocenters. The topological polar surface area (TPSA) is 29.5 Å². The Labute approximate surface area is 89.7 Å². The van der Waals surface area contributed by atoms with Gasteiger partial charge in [0.15, 0.2) is 0 Å². The van der Waals surface area contributed by atoms with Crippen LogP contribution in [0.1, 0.15) is 25.3 Å². The second kappa shape index (κ2) is 5.71. The molecule has 1 atom stereocenters. The van der Waals surface area contributed by atoms with Crippen molar-refractivity contribution in [3.05, 3.63) is 29.6 Å². The van der Waals surface area contributed by atoms with E-state index in [4.69, 9.17) is 4.74 Å². The molecule has 0 aromatic heterocycles. The van der Waals surface area contributed by atoms with Crippen molar-refractivity contribution in [1.29, 1.82) is 0 Å². The lowest BCUT2D eigenvalue weighted by Gasteiger charge is -2.10. The Balaban J connectivity index is 2.69. The average Bonchev–Trinajstić information content (AvgIpc) is 2.26. The van der Waals surface area contributed by atoms with Gasteiger partial charge in [-0.05, 0) is 43.0 Å². The minimum atomic E-state index is -0.321. The molecule has 0 aliphatic rings. The summed E-state index contributed by atoms with van der Waals surface area (Å²) in [6.07, 6.45) is 1.67. The maximum Gasteiger partial charge on any atom is 0.123 e. The van der Waals surface area contributed by atoms with E-state index in [1.54, 1.807) is 13.2 Å². The minimum absolute atomic E-state index is 0.267. The summed E-state index contributed by atoms with van der Waals surface area (Å²) in [5.74, 6) is 0.413. The first kappa shape index (κ1) is 12.0. The van der Waals surface area contributed by atoms with Crippen LogP contribution in [0.25, 0.3) is 0 Å². The normalized spacial score (nSPS) is 12.5. The third kappa shape index (κ3) is 3.51. The first-order chi connectivity index (χ1) is 7.17. The fourth-order valence-electron chi connectivity index (χ4n) is 1.47. The van der Waals surface area contributed by atoms with Crippen molar-refractivity contribution in [1.82, 2.24) is 0 Å². The van der Waals surface area contributed by atoms with E-state index in [0.29, 0.717) is 18.6 Å². The Morgan fingerprint density at radius 3 is 2.80 bits per heavy atom. The van der Waals surface area contributed by atoms with Crippen molar-refractivity contribution in [2.24, 2.45) is 0 Å². The summed E-state index contributed by atoms with van der Waals surface area (Å²) in [7, 11) is 1.56. The van der Waals surface area contributed by atoms with Crippen LogP contribution in [0.4, 0.5) is 4.39 Å². The Hall–Kier alpha value is -1.09. The molecular weight excluding hydrogens is 195 g/mol. The van der Waals surface area contributed by atoms with E-state index in [2.05, 4.69) is 0 Å². The maximum absolute atomic E-state index is 13.0. The number of methoxy groups -OCH3 is 1. The molecule has 1 N–H and O–H groups in total. The lowest BCUT2D eigenvalue weighted by molar-refractivity contribution is 0.160. The summed E-state index contributed by atoms with van der Waals surface area (Å²) in [5, 5.41) is 9.42. The molecule has 0 radical (unpaired) electrons. The highest BCUT2D eigenvalue weighted by Crippen LogP contribution is 2.21. The predicted octanol–water partition coefficient (Wildman–Crippen LogP) is 2.54. The Kier molecular flexibility index (Phi) is 4.56. The molecule has 0 amide bonds.